The second-order valence-corrected chi connectivity index (χ2v) is 8.01. The fraction of sp³-hybridized carbons (Fsp3) is 0.619. The van der Waals surface area contributed by atoms with Crippen molar-refractivity contribution in [3.05, 3.63) is 35.4 Å². The molecule has 3 N–H and O–H groups in total. The molecular formula is C21H31NO4. The molecule has 0 saturated heterocycles. The molecule has 1 aromatic carbocycles. The monoisotopic (exact) mass is 361 g/mol. The molecule has 1 aromatic rings. The lowest BCUT2D eigenvalue weighted by Gasteiger charge is -2.43. The van der Waals surface area contributed by atoms with Crippen LogP contribution in [0.25, 0.3) is 0 Å². The number of amides is 1. The van der Waals surface area contributed by atoms with Crippen molar-refractivity contribution in [3.8, 4) is 0 Å². The Morgan fingerprint density at radius 2 is 1.88 bits per heavy atom. The van der Waals surface area contributed by atoms with E-state index in [1.165, 1.54) is 0 Å². The van der Waals surface area contributed by atoms with Gasteiger partial charge in [0.2, 0.25) is 0 Å². The number of hydrogen-bond donors (Lipinski definition) is 3. The molecule has 1 fully saturated rings. The standard InChI is InChI=1S/C21H31NO4/c1-14(2)18-9-8-15(3)13-21(18,26)20(25)22-11-10-16-6-4-5-7-17(16)12-19(23)24/h4-7,14-15,18,26H,8-13H2,1-3H3,(H,22,25)(H,23,24)/t15-,18+,21+/m1/s1. The maximum absolute atomic E-state index is 12.8. The fourth-order valence-corrected chi connectivity index (χ4v) is 4.23. The second-order valence-electron chi connectivity index (χ2n) is 8.01. The van der Waals surface area contributed by atoms with E-state index in [-0.39, 0.29) is 24.2 Å². The number of carbonyl (C=O) groups is 2. The summed E-state index contributed by atoms with van der Waals surface area (Å²) in [5.41, 5.74) is 0.366. The molecule has 5 heteroatoms. The quantitative estimate of drug-likeness (QED) is 0.697. The summed E-state index contributed by atoms with van der Waals surface area (Å²) in [6.07, 6.45) is 2.93. The summed E-state index contributed by atoms with van der Waals surface area (Å²) >= 11 is 0. The van der Waals surface area contributed by atoms with Gasteiger partial charge in [-0.1, -0.05) is 51.5 Å². The molecule has 0 aromatic heterocycles. The van der Waals surface area contributed by atoms with Gasteiger partial charge in [0.1, 0.15) is 5.60 Å². The Morgan fingerprint density at radius 1 is 1.23 bits per heavy atom. The molecule has 1 aliphatic rings. The summed E-state index contributed by atoms with van der Waals surface area (Å²) in [7, 11) is 0. The third-order valence-electron chi connectivity index (χ3n) is 5.58. The Hall–Kier alpha value is -1.88. The molecule has 144 valence electrons. The second kappa shape index (κ2) is 8.67. The van der Waals surface area contributed by atoms with Gasteiger partial charge in [-0.2, -0.15) is 0 Å². The lowest BCUT2D eigenvalue weighted by molar-refractivity contribution is -0.155. The van der Waals surface area contributed by atoms with Gasteiger partial charge in [-0.25, -0.2) is 0 Å². The molecule has 0 heterocycles. The van der Waals surface area contributed by atoms with Crippen molar-refractivity contribution in [2.24, 2.45) is 17.8 Å². The number of carbonyl (C=O) groups excluding carboxylic acids is 1. The zero-order valence-corrected chi connectivity index (χ0v) is 16.0. The van der Waals surface area contributed by atoms with Crippen molar-refractivity contribution in [2.75, 3.05) is 6.54 Å². The van der Waals surface area contributed by atoms with Crippen molar-refractivity contribution in [3.63, 3.8) is 0 Å². The number of carboxylic acids is 1. The van der Waals surface area contributed by atoms with Crippen LogP contribution in [0, 0.1) is 17.8 Å². The van der Waals surface area contributed by atoms with Gasteiger partial charge in [0.05, 0.1) is 6.42 Å². The maximum atomic E-state index is 12.8. The van der Waals surface area contributed by atoms with E-state index in [0.717, 1.165) is 24.0 Å². The van der Waals surface area contributed by atoms with Crippen LogP contribution in [0.1, 0.15) is 51.2 Å². The van der Waals surface area contributed by atoms with Crippen molar-refractivity contribution in [2.45, 2.75) is 58.5 Å². The molecular weight excluding hydrogens is 330 g/mol. The van der Waals surface area contributed by atoms with Crippen LogP contribution < -0.4 is 5.32 Å². The highest BCUT2D eigenvalue weighted by molar-refractivity contribution is 5.85. The number of carboxylic acid groups (broad SMARTS) is 1. The summed E-state index contributed by atoms with van der Waals surface area (Å²) in [4.78, 5) is 23.8. The lowest BCUT2D eigenvalue weighted by Crippen LogP contribution is -2.56. The Kier molecular flexibility index (Phi) is 6.81. The number of hydrogen-bond acceptors (Lipinski definition) is 3. The van der Waals surface area contributed by atoms with Crippen LogP contribution in [0.2, 0.25) is 0 Å². The first kappa shape index (κ1) is 20.4. The first-order valence-electron chi connectivity index (χ1n) is 9.53. The number of nitrogens with one attached hydrogen (secondary N) is 1. The van der Waals surface area contributed by atoms with E-state index >= 15 is 0 Å². The first-order chi connectivity index (χ1) is 12.2. The van der Waals surface area contributed by atoms with Gasteiger partial charge in [0.25, 0.3) is 5.91 Å². The Bertz CT molecular complexity index is 643. The topological polar surface area (TPSA) is 86.6 Å². The Labute approximate surface area is 155 Å². The van der Waals surface area contributed by atoms with Crippen LogP contribution in [-0.2, 0) is 22.4 Å². The summed E-state index contributed by atoms with van der Waals surface area (Å²) in [5.74, 6) is -0.616. The SMILES string of the molecule is CC(C)[C@@H]1CC[C@@H](C)C[C@@]1(O)C(=O)NCCc1ccccc1CC(=O)O. The predicted octanol–water partition coefficient (Wildman–Crippen LogP) is 2.80. The number of rotatable bonds is 7. The van der Waals surface area contributed by atoms with Crippen LogP contribution >= 0.6 is 0 Å². The van der Waals surface area contributed by atoms with Crippen LogP contribution in [0.15, 0.2) is 24.3 Å². The van der Waals surface area contributed by atoms with Crippen molar-refractivity contribution in [1.82, 2.24) is 5.32 Å². The average Bonchev–Trinajstić information content (AvgIpc) is 2.55. The Morgan fingerprint density at radius 3 is 2.50 bits per heavy atom. The molecule has 2 rings (SSSR count). The van der Waals surface area contributed by atoms with Gasteiger partial charge in [0, 0.05) is 6.54 Å². The highest BCUT2D eigenvalue weighted by Gasteiger charge is 2.48. The zero-order valence-electron chi connectivity index (χ0n) is 16.0. The number of aliphatic hydroxyl groups is 1. The minimum Gasteiger partial charge on any atom is -0.481 e. The molecule has 5 nitrogen and oxygen atoms in total. The molecule has 3 atom stereocenters. The summed E-state index contributed by atoms with van der Waals surface area (Å²) < 4.78 is 0. The molecule has 0 radical (unpaired) electrons. The van der Waals surface area contributed by atoms with E-state index < -0.39 is 11.6 Å². The maximum Gasteiger partial charge on any atom is 0.307 e. The minimum absolute atomic E-state index is 0.0268. The van der Waals surface area contributed by atoms with Gasteiger partial charge in [0.15, 0.2) is 0 Å². The van der Waals surface area contributed by atoms with E-state index in [2.05, 4.69) is 26.1 Å². The molecule has 0 spiro atoms. The van der Waals surface area contributed by atoms with Gasteiger partial charge in [-0.15, -0.1) is 0 Å². The summed E-state index contributed by atoms with van der Waals surface area (Å²) in [5, 5.41) is 23.0. The third-order valence-corrected chi connectivity index (χ3v) is 5.58. The lowest BCUT2D eigenvalue weighted by atomic mass is 9.66. The first-order valence-corrected chi connectivity index (χ1v) is 9.53. The van der Waals surface area contributed by atoms with Gasteiger partial charge < -0.3 is 15.5 Å². The van der Waals surface area contributed by atoms with Crippen molar-refractivity contribution < 1.29 is 19.8 Å². The fourth-order valence-electron chi connectivity index (χ4n) is 4.23. The normalized spacial score (nSPS) is 25.9. The van der Waals surface area contributed by atoms with Crippen LogP contribution in [0.3, 0.4) is 0 Å². The highest BCUT2D eigenvalue weighted by Crippen LogP contribution is 2.41. The summed E-state index contributed by atoms with van der Waals surface area (Å²) in [6.45, 7) is 6.58. The predicted molar refractivity (Wildman–Crippen MR) is 101 cm³/mol. The average molecular weight is 361 g/mol. The molecule has 0 unspecified atom stereocenters. The molecule has 0 bridgehead atoms. The minimum atomic E-state index is -1.31. The van der Waals surface area contributed by atoms with Gasteiger partial charge in [-0.05, 0) is 48.1 Å². The zero-order chi connectivity index (χ0) is 19.3. The van der Waals surface area contributed by atoms with Crippen molar-refractivity contribution >= 4 is 11.9 Å². The molecule has 26 heavy (non-hydrogen) atoms. The largest absolute Gasteiger partial charge is 0.481 e. The molecule has 1 aliphatic carbocycles. The summed E-state index contributed by atoms with van der Waals surface area (Å²) in [6, 6.07) is 7.38. The van der Waals surface area contributed by atoms with Crippen molar-refractivity contribution in [1.29, 1.82) is 0 Å². The van der Waals surface area contributed by atoms with E-state index in [0.29, 0.717) is 25.3 Å². The Balaban J connectivity index is 2.00. The number of aliphatic carboxylic acids is 1. The highest BCUT2D eigenvalue weighted by atomic mass is 16.4. The smallest absolute Gasteiger partial charge is 0.307 e. The third kappa shape index (κ3) is 4.85. The van der Waals surface area contributed by atoms with E-state index in [4.69, 9.17) is 5.11 Å². The van der Waals surface area contributed by atoms with E-state index in [9.17, 15) is 14.7 Å². The van der Waals surface area contributed by atoms with Gasteiger partial charge >= 0.3 is 5.97 Å². The molecule has 0 aliphatic heterocycles. The van der Waals surface area contributed by atoms with Gasteiger partial charge in [-0.3, -0.25) is 9.59 Å². The van der Waals surface area contributed by atoms with Crippen LogP contribution in [-0.4, -0.2) is 34.2 Å². The molecule has 1 amide bonds. The van der Waals surface area contributed by atoms with E-state index in [1.54, 1.807) is 6.07 Å². The molecule has 1 saturated carbocycles. The van der Waals surface area contributed by atoms with Crippen LogP contribution in [0.4, 0.5) is 0 Å². The van der Waals surface area contributed by atoms with E-state index in [1.807, 2.05) is 18.2 Å². The van der Waals surface area contributed by atoms with Crippen LogP contribution in [0.5, 0.6) is 0 Å². The number of benzene rings is 1.